The molecule has 14 heavy (non-hydrogen) atoms. The second-order valence-corrected chi connectivity index (χ2v) is 3.35. The van der Waals surface area contributed by atoms with Crippen molar-refractivity contribution < 1.29 is 4.79 Å². The van der Waals surface area contributed by atoms with E-state index in [1.807, 2.05) is 18.2 Å². The van der Waals surface area contributed by atoms with E-state index in [9.17, 15) is 4.79 Å². The second kappa shape index (κ2) is 3.66. The largest absolute Gasteiger partial charge is 0.308 e. The van der Waals surface area contributed by atoms with Gasteiger partial charge in [0.05, 0.1) is 0 Å². The lowest BCUT2D eigenvalue weighted by Gasteiger charge is -2.28. The fourth-order valence-electron chi connectivity index (χ4n) is 1.76. The standard InChI is InChI=1S/C12H12NO/c1-2-9-13-11-6-4-3-5-10(11)7-8-12(13)14/h2,4-6H,1,7-9H2. The third kappa shape index (κ3) is 1.43. The second-order valence-electron chi connectivity index (χ2n) is 3.35. The van der Waals surface area contributed by atoms with Gasteiger partial charge in [0.1, 0.15) is 0 Å². The Kier molecular flexibility index (Phi) is 2.35. The molecule has 1 aromatic carbocycles. The number of aryl methyl sites for hydroxylation is 1. The van der Waals surface area contributed by atoms with Crippen LogP contribution in [0, 0.1) is 6.07 Å². The Hall–Kier alpha value is -1.57. The molecule has 0 spiro atoms. The normalized spacial score (nSPS) is 15.1. The summed E-state index contributed by atoms with van der Waals surface area (Å²) in [4.78, 5) is 13.4. The fourth-order valence-corrected chi connectivity index (χ4v) is 1.76. The Labute approximate surface area is 83.8 Å². The van der Waals surface area contributed by atoms with Crippen LogP contribution in [-0.2, 0) is 11.2 Å². The summed E-state index contributed by atoms with van der Waals surface area (Å²) in [6.07, 6.45) is 3.18. The zero-order valence-corrected chi connectivity index (χ0v) is 7.99. The lowest BCUT2D eigenvalue weighted by Crippen LogP contribution is -2.35. The van der Waals surface area contributed by atoms with Crippen LogP contribution < -0.4 is 4.90 Å². The van der Waals surface area contributed by atoms with Gasteiger partial charge in [-0.05, 0) is 30.2 Å². The molecule has 0 aliphatic carbocycles. The highest BCUT2D eigenvalue weighted by Gasteiger charge is 2.21. The quantitative estimate of drug-likeness (QED) is 0.646. The lowest BCUT2D eigenvalue weighted by atomic mass is 10.0. The molecule has 2 rings (SSSR count). The molecular formula is C12H12NO. The van der Waals surface area contributed by atoms with Crippen LogP contribution in [-0.4, -0.2) is 12.5 Å². The summed E-state index contributed by atoms with van der Waals surface area (Å²) >= 11 is 0. The van der Waals surface area contributed by atoms with Crippen LogP contribution in [0.2, 0.25) is 0 Å². The third-order valence-electron chi connectivity index (χ3n) is 2.44. The summed E-state index contributed by atoms with van der Waals surface area (Å²) in [5.74, 6) is 0.184. The molecule has 0 N–H and O–H groups in total. The molecule has 1 heterocycles. The van der Waals surface area contributed by atoms with Gasteiger partial charge in [0, 0.05) is 18.7 Å². The van der Waals surface area contributed by atoms with Gasteiger partial charge in [-0.1, -0.05) is 12.1 Å². The summed E-state index contributed by atoms with van der Waals surface area (Å²) in [7, 11) is 0. The number of nitrogens with zero attached hydrogens (tertiary/aromatic N) is 1. The molecule has 0 bridgehead atoms. The van der Waals surface area contributed by atoms with Crippen molar-refractivity contribution in [3.63, 3.8) is 0 Å². The Bertz CT molecular complexity index is 370. The maximum Gasteiger partial charge on any atom is 0.227 e. The van der Waals surface area contributed by atoms with Gasteiger partial charge in [-0.3, -0.25) is 4.79 Å². The minimum Gasteiger partial charge on any atom is -0.308 e. The van der Waals surface area contributed by atoms with E-state index in [1.165, 1.54) is 5.56 Å². The van der Waals surface area contributed by atoms with E-state index in [-0.39, 0.29) is 5.91 Å². The lowest BCUT2D eigenvalue weighted by molar-refractivity contribution is -0.118. The molecule has 0 saturated heterocycles. The van der Waals surface area contributed by atoms with Gasteiger partial charge in [-0.25, -0.2) is 0 Å². The van der Waals surface area contributed by atoms with E-state index in [0.717, 1.165) is 12.1 Å². The summed E-state index contributed by atoms with van der Waals surface area (Å²) in [5, 5.41) is 0. The van der Waals surface area contributed by atoms with Gasteiger partial charge in [0.15, 0.2) is 0 Å². The van der Waals surface area contributed by atoms with E-state index in [1.54, 1.807) is 11.0 Å². The maximum absolute atomic E-state index is 11.6. The minimum absolute atomic E-state index is 0.184. The molecule has 0 fully saturated rings. The molecule has 71 valence electrons. The molecule has 1 radical (unpaired) electrons. The number of benzene rings is 1. The van der Waals surface area contributed by atoms with Gasteiger partial charge in [0.2, 0.25) is 5.91 Å². The smallest absolute Gasteiger partial charge is 0.227 e. The Morgan fingerprint density at radius 3 is 3.21 bits per heavy atom. The van der Waals surface area contributed by atoms with Crippen molar-refractivity contribution in [2.45, 2.75) is 12.8 Å². The molecule has 2 heteroatoms. The van der Waals surface area contributed by atoms with Crippen LogP contribution in [0.5, 0.6) is 0 Å². The van der Waals surface area contributed by atoms with Crippen LogP contribution in [0.15, 0.2) is 30.9 Å². The highest BCUT2D eigenvalue weighted by molar-refractivity contribution is 5.96. The van der Waals surface area contributed by atoms with Crippen molar-refractivity contribution in [3.8, 4) is 0 Å². The van der Waals surface area contributed by atoms with Crippen LogP contribution in [0.1, 0.15) is 12.0 Å². The zero-order chi connectivity index (χ0) is 9.97. The van der Waals surface area contributed by atoms with Crippen molar-refractivity contribution in [1.29, 1.82) is 0 Å². The summed E-state index contributed by atoms with van der Waals surface area (Å²) in [6.45, 7) is 4.25. The molecular weight excluding hydrogens is 174 g/mol. The number of hydrogen-bond acceptors (Lipinski definition) is 1. The van der Waals surface area contributed by atoms with Crippen LogP contribution in [0.25, 0.3) is 0 Å². The van der Waals surface area contributed by atoms with Crippen molar-refractivity contribution in [2.75, 3.05) is 11.4 Å². The molecule has 0 saturated carbocycles. The first-order chi connectivity index (χ1) is 6.83. The molecule has 1 aromatic rings. The number of fused-ring (bicyclic) bond motifs is 1. The monoisotopic (exact) mass is 186 g/mol. The van der Waals surface area contributed by atoms with E-state index < -0.39 is 0 Å². The van der Waals surface area contributed by atoms with Crippen LogP contribution in [0.4, 0.5) is 5.69 Å². The predicted octanol–water partition coefficient (Wildman–Crippen LogP) is 1.95. The number of hydrogen-bond donors (Lipinski definition) is 0. The topological polar surface area (TPSA) is 20.3 Å². The van der Waals surface area contributed by atoms with E-state index in [4.69, 9.17) is 0 Å². The third-order valence-corrected chi connectivity index (χ3v) is 2.44. The van der Waals surface area contributed by atoms with E-state index in [2.05, 4.69) is 12.6 Å². The number of carbonyl (C=O) groups excluding carboxylic acids is 1. The zero-order valence-electron chi connectivity index (χ0n) is 7.99. The van der Waals surface area contributed by atoms with Gasteiger partial charge in [0.25, 0.3) is 0 Å². The molecule has 0 atom stereocenters. The Morgan fingerprint density at radius 1 is 1.57 bits per heavy atom. The van der Waals surface area contributed by atoms with Gasteiger partial charge in [-0.2, -0.15) is 0 Å². The Balaban J connectivity index is 2.40. The maximum atomic E-state index is 11.6. The molecule has 1 amide bonds. The average Bonchev–Trinajstić information content (AvgIpc) is 2.23. The summed E-state index contributed by atoms with van der Waals surface area (Å²) in [6, 6.07) is 8.77. The summed E-state index contributed by atoms with van der Waals surface area (Å²) in [5.41, 5.74) is 2.22. The fraction of sp³-hybridized carbons (Fsp3) is 0.250. The van der Waals surface area contributed by atoms with Crippen LogP contribution in [0.3, 0.4) is 0 Å². The van der Waals surface area contributed by atoms with Gasteiger partial charge < -0.3 is 4.90 Å². The number of amides is 1. The first-order valence-electron chi connectivity index (χ1n) is 4.73. The SMILES string of the molecule is C=CCN1C(=O)CCc2c[c]ccc21. The van der Waals surface area contributed by atoms with E-state index >= 15 is 0 Å². The first-order valence-corrected chi connectivity index (χ1v) is 4.73. The molecule has 0 aromatic heterocycles. The number of rotatable bonds is 2. The highest BCUT2D eigenvalue weighted by atomic mass is 16.2. The van der Waals surface area contributed by atoms with Crippen molar-refractivity contribution in [1.82, 2.24) is 0 Å². The van der Waals surface area contributed by atoms with Crippen LogP contribution >= 0.6 is 0 Å². The molecule has 1 aliphatic heterocycles. The van der Waals surface area contributed by atoms with E-state index in [0.29, 0.717) is 13.0 Å². The Morgan fingerprint density at radius 2 is 2.43 bits per heavy atom. The first kappa shape index (κ1) is 9.00. The average molecular weight is 186 g/mol. The number of anilines is 1. The highest BCUT2D eigenvalue weighted by Crippen LogP contribution is 2.26. The predicted molar refractivity (Wildman–Crippen MR) is 56.1 cm³/mol. The molecule has 0 unspecified atom stereocenters. The summed E-state index contributed by atoms with van der Waals surface area (Å²) < 4.78 is 0. The number of carbonyl (C=O) groups is 1. The van der Waals surface area contributed by atoms with Crippen molar-refractivity contribution in [3.05, 3.63) is 42.5 Å². The van der Waals surface area contributed by atoms with Gasteiger partial charge >= 0.3 is 0 Å². The molecule has 1 aliphatic rings. The van der Waals surface area contributed by atoms with Gasteiger partial charge in [-0.15, -0.1) is 6.58 Å². The minimum atomic E-state index is 0.184. The van der Waals surface area contributed by atoms with Crippen molar-refractivity contribution >= 4 is 11.6 Å². The van der Waals surface area contributed by atoms with Crippen molar-refractivity contribution in [2.24, 2.45) is 0 Å². The molecule has 2 nitrogen and oxygen atoms in total.